The third-order valence-corrected chi connectivity index (χ3v) is 4.05. The van der Waals surface area contributed by atoms with Gasteiger partial charge >= 0.3 is 0 Å². The summed E-state index contributed by atoms with van der Waals surface area (Å²) >= 11 is 0. The van der Waals surface area contributed by atoms with Crippen molar-refractivity contribution in [1.29, 1.82) is 0 Å². The average Bonchev–Trinajstić information content (AvgIpc) is 2.63. The molecule has 28 heavy (non-hydrogen) atoms. The molecule has 0 fully saturated rings. The van der Waals surface area contributed by atoms with Crippen molar-refractivity contribution in [3.63, 3.8) is 0 Å². The lowest BCUT2D eigenvalue weighted by molar-refractivity contribution is -0.114. The molecule has 2 N–H and O–H groups in total. The average molecular weight is 496 g/mol. The molecule has 6 nitrogen and oxygen atoms in total. The molecule has 7 heteroatoms. The van der Waals surface area contributed by atoms with E-state index >= 15 is 0 Å². The van der Waals surface area contributed by atoms with Crippen molar-refractivity contribution >= 4 is 41.5 Å². The van der Waals surface area contributed by atoms with Gasteiger partial charge in [0.05, 0.1) is 6.54 Å². The minimum Gasteiger partial charge on any atom is -0.492 e. The molecular formula is C21H29IN4O2. The van der Waals surface area contributed by atoms with Gasteiger partial charge in [-0.3, -0.25) is 9.79 Å². The number of aliphatic imine (C=N–C) groups is 1. The van der Waals surface area contributed by atoms with E-state index in [0.29, 0.717) is 18.9 Å². The molecule has 0 heterocycles. The zero-order valence-electron chi connectivity index (χ0n) is 16.9. The van der Waals surface area contributed by atoms with E-state index in [-0.39, 0.29) is 29.9 Å². The lowest BCUT2D eigenvalue weighted by atomic mass is 10.1. The van der Waals surface area contributed by atoms with Gasteiger partial charge in [0.2, 0.25) is 5.91 Å². The molecule has 152 valence electrons. The zero-order chi connectivity index (χ0) is 19.6. The maximum atomic E-state index is 11.1. The molecule has 0 bridgehead atoms. The lowest BCUT2D eigenvalue weighted by Gasteiger charge is -2.23. The Morgan fingerprint density at radius 3 is 2.61 bits per heavy atom. The first-order valence-electron chi connectivity index (χ1n) is 8.96. The third kappa shape index (κ3) is 7.75. The van der Waals surface area contributed by atoms with Gasteiger partial charge in [-0.15, -0.1) is 24.0 Å². The van der Waals surface area contributed by atoms with Gasteiger partial charge in [-0.1, -0.05) is 30.3 Å². The van der Waals surface area contributed by atoms with Crippen LogP contribution >= 0.6 is 24.0 Å². The van der Waals surface area contributed by atoms with Crippen LogP contribution in [0.3, 0.4) is 0 Å². The Morgan fingerprint density at radius 1 is 1.18 bits per heavy atom. The summed E-state index contributed by atoms with van der Waals surface area (Å²) in [6, 6.07) is 15.7. The van der Waals surface area contributed by atoms with Crippen molar-refractivity contribution in [3.05, 3.63) is 59.7 Å². The Hall–Kier alpha value is -2.29. The number of hydrogen-bond acceptors (Lipinski definition) is 3. The second-order valence-electron chi connectivity index (χ2n) is 6.31. The minimum atomic E-state index is -0.102. The van der Waals surface area contributed by atoms with Crippen LogP contribution in [0.15, 0.2) is 53.5 Å². The first-order valence-corrected chi connectivity index (χ1v) is 8.96. The molecule has 2 rings (SSSR count). The summed E-state index contributed by atoms with van der Waals surface area (Å²) in [5, 5.41) is 6.05. The largest absolute Gasteiger partial charge is 0.492 e. The lowest BCUT2D eigenvalue weighted by Crippen LogP contribution is -2.40. The molecule has 0 radical (unpaired) electrons. The van der Waals surface area contributed by atoms with Gasteiger partial charge < -0.3 is 20.3 Å². The van der Waals surface area contributed by atoms with Gasteiger partial charge in [-0.25, -0.2) is 0 Å². The predicted molar refractivity (Wildman–Crippen MR) is 126 cm³/mol. The van der Waals surface area contributed by atoms with Crippen molar-refractivity contribution in [2.24, 2.45) is 4.99 Å². The van der Waals surface area contributed by atoms with Gasteiger partial charge in [-0.05, 0) is 30.2 Å². The fourth-order valence-corrected chi connectivity index (χ4v) is 2.70. The number of anilines is 1. The molecular weight excluding hydrogens is 467 g/mol. The zero-order valence-corrected chi connectivity index (χ0v) is 19.2. The number of ether oxygens (including phenoxy) is 1. The summed E-state index contributed by atoms with van der Waals surface area (Å²) in [5.41, 5.74) is 3.26. The Labute approximate surface area is 184 Å². The first kappa shape index (κ1) is 23.7. The van der Waals surface area contributed by atoms with Crippen LogP contribution in [-0.4, -0.2) is 44.0 Å². The molecule has 1 amide bonds. The van der Waals surface area contributed by atoms with Crippen molar-refractivity contribution in [2.45, 2.75) is 20.4 Å². The summed E-state index contributed by atoms with van der Waals surface area (Å²) in [7, 11) is 3.79. The number of guanidine groups is 1. The Morgan fingerprint density at radius 2 is 1.93 bits per heavy atom. The summed E-state index contributed by atoms with van der Waals surface area (Å²) in [6.07, 6.45) is 0. The van der Waals surface area contributed by atoms with E-state index in [4.69, 9.17) is 4.74 Å². The molecule has 0 unspecified atom stereocenters. The van der Waals surface area contributed by atoms with Crippen LogP contribution in [0.4, 0.5) is 5.69 Å². The number of benzene rings is 2. The predicted octanol–water partition coefficient (Wildman–Crippen LogP) is 3.66. The van der Waals surface area contributed by atoms with Gasteiger partial charge in [0.15, 0.2) is 5.96 Å². The van der Waals surface area contributed by atoms with Crippen LogP contribution in [0.1, 0.15) is 18.1 Å². The number of carbonyl (C=O) groups excluding carboxylic acids is 1. The molecule has 0 saturated heterocycles. The van der Waals surface area contributed by atoms with Crippen molar-refractivity contribution in [3.8, 4) is 5.75 Å². The van der Waals surface area contributed by atoms with E-state index in [9.17, 15) is 4.79 Å². The van der Waals surface area contributed by atoms with E-state index in [2.05, 4.69) is 45.6 Å². The normalized spacial score (nSPS) is 10.6. The van der Waals surface area contributed by atoms with Crippen LogP contribution < -0.4 is 15.4 Å². The van der Waals surface area contributed by atoms with Gasteiger partial charge in [0.25, 0.3) is 0 Å². The smallest absolute Gasteiger partial charge is 0.221 e. The van der Waals surface area contributed by atoms with E-state index in [1.54, 1.807) is 13.1 Å². The highest BCUT2D eigenvalue weighted by Gasteiger charge is 2.08. The maximum absolute atomic E-state index is 11.1. The first-order chi connectivity index (χ1) is 13.0. The number of carbonyl (C=O) groups is 1. The van der Waals surface area contributed by atoms with Crippen LogP contribution in [0, 0.1) is 6.92 Å². The molecule has 2 aromatic carbocycles. The molecule has 0 saturated carbocycles. The molecule has 0 aliphatic carbocycles. The maximum Gasteiger partial charge on any atom is 0.221 e. The summed E-state index contributed by atoms with van der Waals surface area (Å²) in [6.45, 7) is 5.49. The Balaban J connectivity index is 0.00000392. The monoisotopic (exact) mass is 496 g/mol. The quantitative estimate of drug-likeness (QED) is 0.266. The number of nitrogens with zero attached hydrogens (tertiary/aromatic N) is 2. The molecule has 0 aliphatic rings. The molecule has 0 aromatic heterocycles. The van der Waals surface area contributed by atoms with E-state index in [0.717, 1.165) is 18.2 Å². The number of aryl methyl sites for hydroxylation is 1. The molecule has 0 spiro atoms. The van der Waals surface area contributed by atoms with E-state index < -0.39 is 0 Å². The van der Waals surface area contributed by atoms with Gasteiger partial charge in [-0.2, -0.15) is 0 Å². The summed E-state index contributed by atoms with van der Waals surface area (Å²) < 4.78 is 5.75. The number of rotatable bonds is 7. The second kappa shape index (κ2) is 12.2. The highest BCUT2D eigenvalue weighted by Crippen LogP contribution is 2.17. The number of halogens is 1. The Bertz CT molecular complexity index is 795. The van der Waals surface area contributed by atoms with Crippen molar-refractivity contribution < 1.29 is 9.53 Å². The SMILES string of the molecule is CN=C(NCCOc1cccc(NC(C)=O)c1)N(C)Cc1ccccc1C.I. The number of amides is 1. The van der Waals surface area contributed by atoms with E-state index in [1.807, 2.05) is 31.3 Å². The minimum absolute atomic E-state index is 0. The molecule has 0 atom stereocenters. The van der Waals surface area contributed by atoms with Crippen molar-refractivity contribution in [1.82, 2.24) is 10.2 Å². The summed E-state index contributed by atoms with van der Waals surface area (Å²) in [4.78, 5) is 17.5. The molecule has 0 aliphatic heterocycles. The van der Waals surface area contributed by atoms with Gasteiger partial charge in [0.1, 0.15) is 12.4 Å². The number of hydrogen-bond donors (Lipinski definition) is 2. The standard InChI is InChI=1S/C21H28N4O2.HI/c1-16-8-5-6-9-18(16)15-25(4)21(22-3)23-12-13-27-20-11-7-10-19(14-20)24-17(2)26;/h5-11,14H,12-13,15H2,1-4H3,(H,22,23)(H,24,26);1H. The van der Waals surface area contributed by atoms with Crippen LogP contribution in [0.5, 0.6) is 5.75 Å². The van der Waals surface area contributed by atoms with Crippen molar-refractivity contribution in [2.75, 3.05) is 32.6 Å². The van der Waals surface area contributed by atoms with Gasteiger partial charge in [0, 0.05) is 39.3 Å². The van der Waals surface area contributed by atoms with Crippen LogP contribution in [0.25, 0.3) is 0 Å². The Kier molecular flexibility index (Phi) is 10.4. The van der Waals surface area contributed by atoms with E-state index in [1.165, 1.54) is 18.1 Å². The number of nitrogens with one attached hydrogen (secondary N) is 2. The highest BCUT2D eigenvalue weighted by molar-refractivity contribution is 14.0. The molecule has 2 aromatic rings. The highest BCUT2D eigenvalue weighted by atomic mass is 127. The fourth-order valence-electron chi connectivity index (χ4n) is 2.70. The summed E-state index contributed by atoms with van der Waals surface area (Å²) in [5.74, 6) is 1.43. The fraction of sp³-hybridized carbons (Fsp3) is 0.333. The second-order valence-corrected chi connectivity index (χ2v) is 6.31. The van der Waals surface area contributed by atoms with Crippen LogP contribution in [0.2, 0.25) is 0 Å². The van der Waals surface area contributed by atoms with Crippen LogP contribution in [-0.2, 0) is 11.3 Å². The topological polar surface area (TPSA) is 66.0 Å². The third-order valence-electron chi connectivity index (χ3n) is 4.05.